The average Bonchev–Trinajstić information content (AvgIpc) is 3.30. The first-order chi connectivity index (χ1) is 14.1. The largest absolute Gasteiger partial charge is 0.336 e. The number of rotatable bonds is 2. The van der Waals surface area contributed by atoms with Crippen molar-refractivity contribution in [3.05, 3.63) is 75.9 Å². The van der Waals surface area contributed by atoms with E-state index in [2.05, 4.69) is 52.5 Å². The molecule has 1 aromatic carbocycles. The number of carbonyl (C=O) groups excluding carboxylic acids is 1. The highest BCUT2D eigenvalue weighted by Crippen LogP contribution is 2.43. The molecule has 0 unspecified atom stereocenters. The second-order valence-corrected chi connectivity index (χ2v) is 9.43. The van der Waals surface area contributed by atoms with Crippen molar-refractivity contribution in [2.24, 2.45) is 0 Å². The van der Waals surface area contributed by atoms with Crippen LogP contribution in [0.4, 0.5) is 4.79 Å². The van der Waals surface area contributed by atoms with Gasteiger partial charge in [0.05, 0.1) is 18.3 Å². The molecule has 5 heteroatoms. The lowest BCUT2D eigenvalue weighted by molar-refractivity contribution is 0.178. The summed E-state index contributed by atoms with van der Waals surface area (Å²) in [5.41, 5.74) is 5.15. The molecule has 2 amide bonds. The Labute approximate surface area is 176 Å². The monoisotopic (exact) mass is 405 g/mol. The molecule has 3 aromatic rings. The molecule has 1 N–H and O–H groups in total. The first kappa shape index (κ1) is 18.5. The number of carbonyl (C=O) groups is 1. The van der Waals surface area contributed by atoms with Gasteiger partial charge < -0.3 is 14.8 Å². The van der Waals surface area contributed by atoms with Crippen molar-refractivity contribution in [1.82, 2.24) is 14.8 Å². The standard InChI is InChI=1S/C24H27N3OS/c1-16(2)25-24(28)27-15-19-18-11-6-7-13-21(18)29-23(19)26-14-8-12-20(26)22(27)17-9-4-3-5-10-17/h3-5,8-10,12,14,16,22H,6-7,11,13,15H2,1-2H3,(H,25,28)/t22-/m0/s1. The summed E-state index contributed by atoms with van der Waals surface area (Å²) in [5, 5.41) is 4.45. The summed E-state index contributed by atoms with van der Waals surface area (Å²) in [4.78, 5) is 16.9. The Hall–Kier alpha value is -2.53. The molecule has 1 aliphatic carbocycles. The van der Waals surface area contributed by atoms with E-state index < -0.39 is 0 Å². The van der Waals surface area contributed by atoms with Crippen LogP contribution >= 0.6 is 11.3 Å². The van der Waals surface area contributed by atoms with Gasteiger partial charge in [0, 0.05) is 22.7 Å². The highest BCUT2D eigenvalue weighted by molar-refractivity contribution is 7.15. The van der Waals surface area contributed by atoms with E-state index in [0.29, 0.717) is 6.54 Å². The van der Waals surface area contributed by atoms with E-state index >= 15 is 0 Å². The van der Waals surface area contributed by atoms with Gasteiger partial charge >= 0.3 is 6.03 Å². The van der Waals surface area contributed by atoms with Gasteiger partial charge in [0.25, 0.3) is 0 Å². The second kappa shape index (κ2) is 7.38. The third-order valence-electron chi connectivity index (χ3n) is 5.97. The van der Waals surface area contributed by atoms with Crippen LogP contribution in [0.2, 0.25) is 0 Å². The van der Waals surface area contributed by atoms with Crippen LogP contribution < -0.4 is 5.32 Å². The Bertz CT molecular complexity index is 1030. The number of amides is 2. The molecule has 0 bridgehead atoms. The fourth-order valence-electron chi connectivity index (χ4n) is 4.70. The van der Waals surface area contributed by atoms with Gasteiger partial charge in [0.2, 0.25) is 0 Å². The first-order valence-electron chi connectivity index (χ1n) is 10.6. The Morgan fingerprint density at radius 2 is 1.86 bits per heavy atom. The van der Waals surface area contributed by atoms with Crippen molar-refractivity contribution in [1.29, 1.82) is 0 Å². The lowest BCUT2D eigenvalue weighted by Gasteiger charge is -2.32. The van der Waals surface area contributed by atoms with Gasteiger partial charge in [-0.15, -0.1) is 11.3 Å². The topological polar surface area (TPSA) is 37.3 Å². The summed E-state index contributed by atoms with van der Waals surface area (Å²) in [6.07, 6.45) is 6.98. The van der Waals surface area contributed by atoms with E-state index in [-0.39, 0.29) is 18.1 Å². The molecule has 150 valence electrons. The van der Waals surface area contributed by atoms with E-state index in [1.807, 2.05) is 36.2 Å². The van der Waals surface area contributed by atoms with Crippen molar-refractivity contribution < 1.29 is 4.79 Å². The predicted molar refractivity (Wildman–Crippen MR) is 118 cm³/mol. The first-order valence-corrected chi connectivity index (χ1v) is 11.4. The molecule has 0 radical (unpaired) electrons. The van der Waals surface area contributed by atoms with Crippen LogP contribution in [0.25, 0.3) is 5.00 Å². The third-order valence-corrected chi connectivity index (χ3v) is 7.30. The summed E-state index contributed by atoms with van der Waals surface area (Å²) in [6, 6.07) is 14.7. The van der Waals surface area contributed by atoms with E-state index in [9.17, 15) is 4.79 Å². The molecule has 0 fully saturated rings. The fraction of sp³-hybridized carbons (Fsp3) is 0.375. The maximum atomic E-state index is 13.4. The van der Waals surface area contributed by atoms with Gasteiger partial charge in [-0.25, -0.2) is 4.79 Å². The zero-order chi connectivity index (χ0) is 20.0. The van der Waals surface area contributed by atoms with E-state index in [1.54, 1.807) is 0 Å². The van der Waals surface area contributed by atoms with Crippen molar-refractivity contribution in [3.8, 4) is 5.00 Å². The fourth-order valence-corrected chi connectivity index (χ4v) is 6.11. The van der Waals surface area contributed by atoms with Crippen LogP contribution in [0, 0.1) is 0 Å². The maximum Gasteiger partial charge on any atom is 0.318 e. The van der Waals surface area contributed by atoms with Crippen molar-refractivity contribution in [2.45, 2.75) is 58.2 Å². The van der Waals surface area contributed by atoms with Gasteiger partial charge in [-0.3, -0.25) is 0 Å². The summed E-state index contributed by atoms with van der Waals surface area (Å²) >= 11 is 1.93. The van der Waals surface area contributed by atoms with E-state index in [1.165, 1.54) is 40.3 Å². The molecule has 4 nitrogen and oxygen atoms in total. The molecule has 2 aromatic heterocycles. The molecule has 3 heterocycles. The van der Waals surface area contributed by atoms with Gasteiger partial charge in [0.15, 0.2) is 0 Å². The number of urea groups is 1. The summed E-state index contributed by atoms with van der Waals surface area (Å²) in [6.45, 7) is 4.70. The average molecular weight is 406 g/mol. The van der Waals surface area contributed by atoms with Gasteiger partial charge in [0.1, 0.15) is 5.00 Å². The number of nitrogens with zero attached hydrogens (tertiary/aromatic N) is 2. The SMILES string of the molecule is CC(C)NC(=O)N1Cc2c(sc3c2CCCC3)-n2cccc2[C@@H]1c1ccccc1. The lowest BCUT2D eigenvalue weighted by atomic mass is 9.95. The molecule has 29 heavy (non-hydrogen) atoms. The quantitative estimate of drug-likeness (QED) is 0.606. The normalized spacial score (nSPS) is 18.0. The highest BCUT2D eigenvalue weighted by Gasteiger charge is 2.36. The van der Waals surface area contributed by atoms with Gasteiger partial charge in [-0.2, -0.15) is 0 Å². The van der Waals surface area contributed by atoms with Crippen LogP contribution in [0.3, 0.4) is 0 Å². The van der Waals surface area contributed by atoms with Crippen LogP contribution in [0.1, 0.15) is 60.0 Å². The Balaban J connectivity index is 1.70. The second-order valence-electron chi connectivity index (χ2n) is 8.34. The lowest BCUT2D eigenvalue weighted by Crippen LogP contribution is -2.44. The molecule has 2 aliphatic rings. The smallest absolute Gasteiger partial charge is 0.318 e. The zero-order valence-corrected chi connectivity index (χ0v) is 17.8. The number of aromatic nitrogens is 1. The minimum atomic E-state index is -0.108. The molecule has 0 spiro atoms. The highest BCUT2D eigenvalue weighted by atomic mass is 32.1. The number of fused-ring (bicyclic) bond motifs is 5. The van der Waals surface area contributed by atoms with Crippen LogP contribution in [0.5, 0.6) is 0 Å². The predicted octanol–water partition coefficient (Wildman–Crippen LogP) is 5.44. The minimum Gasteiger partial charge on any atom is -0.336 e. The molecular weight excluding hydrogens is 378 g/mol. The van der Waals surface area contributed by atoms with E-state index in [4.69, 9.17) is 0 Å². The minimum absolute atomic E-state index is 0.00483. The Morgan fingerprint density at radius 3 is 2.66 bits per heavy atom. The van der Waals surface area contributed by atoms with Crippen LogP contribution in [-0.4, -0.2) is 21.5 Å². The maximum absolute atomic E-state index is 13.4. The number of thiophene rings is 1. The molecule has 1 aliphatic heterocycles. The molecule has 0 saturated heterocycles. The molecule has 0 saturated carbocycles. The summed E-state index contributed by atoms with van der Waals surface area (Å²) in [5.74, 6) is 0. The number of nitrogens with one attached hydrogen (secondary N) is 1. The van der Waals surface area contributed by atoms with Gasteiger partial charge in [-0.1, -0.05) is 30.3 Å². The number of benzene rings is 1. The van der Waals surface area contributed by atoms with Gasteiger partial charge in [-0.05, 0) is 62.8 Å². The van der Waals surface area contributed by atoms with Crippen LogP contribution in [0.15, 0.2) is 48.7 Å². The molecular formula is C24H27N3OS. The van der Waals surface area contributed by atoms with Crippen molar-refractivity contribution >= 4 is 17.4 Å². The third kappa shape index (κ3) is 3.18. The summed E-state index contributed by atoms with van der Waals surface area (Å²) < 4.78 is 2.33. The molecule has 5 rings (SSSR count). The number of aryl methyl sites for hydroxylation is 1. The number of hydrogen-bond donors (Lipinski definition) is 1. The molecule has 1 atom stereocenters. The Morgan fingerprint density at radius 1 is 1.07 bits per heavy atom. The zero-order valence-electron chi connectivity index (χ0n) is 17.0. The van der Waals surface area contributed by atoms with Crippen molar-refractivity contribution in [3.63, 3.8) is 0 Å². The summed E-state index contributed by atoms with van der Waals surface area (Å²) in [7, 11) is 0. The van der Waals surface area contributed by atoms with Crippen molar-refractivity contribution in [2.75, 3.05) is 0 Å². The van der Waals surface area contributed by atoms with Crippen LogP contribution in [-0.2, 0) is 19.4 Å². The van der Waals surface area contributed by atoms with E-state index in [0.717, 1.165) is 17.7 Å². The number of hydrogen-bond acceptors (Lipinski definition) is 2. The Kier molecular flexibility index (Phi) is 4.70.